The van der Waals surface area contributed by atoms with Crippen molar-refractivity contribution in [2.45, 2.75) is 0 Å². The van der Waals surface area contributed by atoms with Gasteiger partial charge in [0.25, 0.3) is 7.37 Å². The minimum atomic E-state index is -3.40. The zero-order chi connectivity index (χ0) is 21.4. The molecule has 1 N–H and O–H groups in total. The fourth-order valence-corrected chi connectivity index (χ4v) is 2.86. The number of hydrogen-bond acceptors (Lipinski definition) is 1. The van der Waals surface area contributed by atoms with Gasteiger partial charge in [-0.25, -0.2) is 0 Å². The predicted octanol–water partition coefficient (Wildman–Crippen LogP) is 2.61. The van der Waals surface area contributed by atoms with E-state index in [4.69, 9.17) is 18.6 Å². The van der Waals surface area contributed by atoms with E-state index in [-0.39, 0.29) is 21.1 Å². The predicted molar refractivity (Wildman–Crippen MR) is 92.7 cm³/mol. The minimum absolute atomic E-state index is 0. The molecule has 0 aliphatic rings. The summed E-state index contributed by atoms with van der Waals surface area (Å²) in [5, 5.41) is 0.937. The molecule has 0 unspecified atom stereocenters. The number of hydrogen-bond donors (Lipinski definition) is 1. The van der Waals surface area contributed by atoms with Gasteiger partial charge in [-0.1, -0.05) is 36.4 Å². The third-order valence-corrected chi connectivity index (χ3v) is 4.21. The molecule has 2 aromatic carbocycles. The molecule has 0 aliphatic carbocycles. The summed E-state index contributed by atoms with van der Waals surface area (Å²) in [5.41, 5.74) is 0. The molecule has 0 atom stereocenters. The molecule has 139 valence electrons. The topological polar surface area (TPSA) is 117 Å². The summed E-state index contributed by atoms with van der Waals surface area (Å²) in [6, 6.07) is 17.4. The van der Waals surface area contributed by atoms with Gasteiger partial charge in [0.1, 0.15) is 0 Å². The summed E-state index contributed by atoms with van der Waals surface area (Å²) in [4.78, 5) is 10.0. The maximum Gasteiger partial charge on any atom is 0 e. The number of rotatable bonds is 2. The Hall–Kier alpha value is -1.72. The Balaban J connectivity index is -0.000000116. The van der Waals surface area contributed by atoms with Gasteiger partial charge in [0, 0.05) is 31.7 Å². The molecule has 0 fully saturated rings. The van der Waals surface area contributed by atoms with Crippen molar-refractivity contribution in [1.29, 1.82) is 0 Å². The van der Waals surface area contributed by atoms with Crippen LogP contribution in [-0.2, 0) is 44.2 Å². The van der Waals surface area contributed by atoms with Gasteiger partial charge in [-0.05, 0) is 44.5 Å². The van der Waals surface area contributed by atoms with Crippen molar-refractivity contribution >= 4 is 18.0 Å². The maximum absolute atomic E-state index is 12.2. The van der Waals surface area contributed by atoms with Crippen LogP contribution < -0.4 is 10.6 Å². The standard InChI is InChI=1S/C12H11O2P.C3H5.4CO.Mo/c13-15(14,11-7-3-1-4-8-11)12-9-5-2-6-10-12;1-3-2;4*1-2;/h1-10H,(H,13,14);3H,1-2H2;;;;;. The van der Waals surface area contributed by atoms with Crippen molar-refractivity contribution in [2.75, 3.05) is 0 Å². The molecule has 0 spiro atoms. The van der Waals surface area contributed by atoms with Gasteiger partial charge < -0.3 is 4.89 Å². The average Bonchev–Trinajstić information content (AvgIpc) is 2.76. The van der Waals surface area contributed by atoms with Crippen molar-refractivity contribution in [3.05, 3.63) is 108 Å². The molecule has 0 aliphatic heterocycles. The van der Waals surface area contributed by atoms with E-state index in [2.05, 4.69) is 40.4 Å². The van der Waals surface area contributed by atoms with E-state index in [1.54, 1.807) is 48.5 Å². The van der Waals surface area contributed by atoms with Crippen LogP contribution in [-0.4, -0.2) is 4.89 Å². The van der Waals surface area contributed by atoms with Gasteiger partial charge in [-0.15, -0.1) is 0 Å². The molecule has 0 saturated carbocycles. The Labute approximate surface area is 174 Å². The molecular formula is C19H16MoO6P. The fourth-order valence-electron chi connectivity index (χ4n) is 1.41. The van der Waals surface area contributed by atoms with Crippen LogP contribution in [0.5, 0.6) is 0 Å². The van der Waals surface area contributed by atoms with Gasteiger partial charge in [0.2, 0.25) is 0 Å². The first kappa shape index (κ1) is 36.2. The van der Waals surface area contributed by atoms with Crippen LogP contribution >= 0.6 is 7.37 Å². The molecular weight excluding hydrogens is 451 g/mol. The monoisotopic (exact) mass is 469 g/mol. The average molecular weight is 467 g/mol. The van der Waals surface area contributed by atoms with E-state index in [0.29, 0.717) is 10.6 Å². The summed E-state index contributed by atoms with van der Waals surface area (Å²) in [6.45, 7) is 24.5. The molecule has 0 amide bonds. The van der Waals surface area contributed by atoms with Crippen LogP contribution in [0, 0.1) is 46.9 Å². The van der Waals surface area contributed by atoms with Crippen LogP contribution in [0.15, 0.2) is 60.7 Å². The molecule has 2 aromatic rings. The van der Waals surface area contributed by atoms with Crippen molar-refractivity contribution in [2.24, 2.45) is 0 Å². The Morgan fingerprint density at radius 2 is 0.889 bits per heavy atom. The van der Waals surface area contributed by atoms with Gasteiger partial charge in [0.05, 0.1) is 0 Å². The molecule has 8 heteroatoms. The largest absolute Gasteiger partial charge is 0.0499 e. The molecule has 27 heavy (non-hydrogen) atoms. The Morgan fingerprint density at radius 3 is 1.07 bits per heavy atom. The van der Waals surface area contributed by atoms with Gasteiger partial charge in [-0.3, -0.25) is 4.57 Å². The summed E-state index contributed by atoms with van der Waals surface area (Å²) in [7, 11) is -3.40. The summed E-state index contributed by atoms with van der Waals surface area (Å²) < 4.78 is 42.2. The van der Waals surface area contributed by atoms with Crippen LogP contribution in [0.3, 0.4) is 0 Å². The summed E-state index contributed by atoms with van der Waals surface area (Å²) >= 11 is 0. The van der Waals surface area contributed by atoms with Crippen LogP contribution in [0.25, 0.3) is 0 Å². The summed E-state index contributed by atoms with van der Waals surface area (Å²) in [5.74, 6) is 0. The molecule has 0 heterocycles. The molecule has 6 nitrogen and oxygen atoms in total. The number of benzene rings is 2. The van der Waals surface area contributed by atoms with Crippen molar-refractivity contribution in [3.63, 3.8) is 0 Å². The first-order valence-corrected chi connectivity index (χ1v) is 7.94. The molecule has 0 aromatic heterocycles. The zero-order valence-electron chi connectivity index (χ0n) is 14.1. The quantitative estimate of drug-likeness (QED) is 0.317. The van der Waals surface area contributed by atoms with Gasteiger partial charge >= 0.3 is 45.2 Å². The second-order valence-electron chi connectivity index (χ2n) is 3.54. The van der Waals surface area contributed by atoms with E-state index < -0.39 is 7.37 Å². The first-order chi connectivity index (χ1) is 12.6. The van der Waals surface area contributed by atoms with Gasteiger partial charge in [-0.2, -0.15) is 0 Å². The first-order valence-electron chi connectivity index (χ1n) is 6.28. The Kier molecular flexibility index (Phi) is 39.0. The van der Waals surface area contributed by atoms with E-state index in [1.807, 2.05) is 12.1 Å². The van der Waals surface area contributed by atoms with E-state index in [0.717, 1.165) is 0 Å². The van der Waals surface area contributed by atoms with Crippen LogP contribution in [0.4, 0.5) is 0 Å². The summed E-state index contributed by atoms with van der Waals surface area (Å²) in [6.07, 6.45) is 1.50. The Morgan fingerprint density at radius 1 is 0.704 bits per heavy atom. The van der Waals surface area contributed by atoms with Crippen molar-refractivity contribution in [3.8, 4) is 0 Å². The Bertz CT molecular complexity index is 599. The molecule has 2 rings (SSSR count). The van der Waals surface area contributed by atoms with Crippen LogP contribution in [0.1, 0.15) is 0 Å². The fraction of sp³-hybridized carbons (Fsp3) is 0. The van der Waals surface area contributed by atoms with E-state index in [9.17, 15) is 9.46 Å². The van der Waals surface area contributed by atoms with E-state index >= 15 is 0 Å². The zero-order valence-corrected chi connectivity index (χ0v) is 17.0. The third-order valence-electron chi connectivity index (χ3n) is 2.21. The molecule has 3 radical (unpaired) electrons. The van der Waals surface area contributed by atoms with Crippen molar-refractivity contribution in [1.82, 2.24) is 0 Å². The van der Waals surface area contributed by atoms with Gasteiger partial charge in [0.15, 0.2) is 0 Å². The molecule has 0 bridgehead atoms. The normalized spacial score (nSPS) is 7.22. The molecule has 0 saturated heterocycles. The minimum Gasteiger partial charge on any atom is -0.0499 e. The SMILES string of the molecule is O=P(O)(c1ccccc1)c1ccccc1.[C-]#[O+].[C-]#[O+].[C-]#[O+].[C-]#[O+].[CH2][CH][CH2].[Mo]. The smallest absolute Gasteiger partial charge is 0 e. The second kappa shape index (κ2) is 29.1. The van der Waals surface area contributed by atoms with Crippen molar-refractivity contribution < 1.29 is 49.1 Å². The second-order valence-corrected chi connectivity index (χ2v) is 5.72. The maximum atomic E-state index is 12.2. The van der Waals surface area contributed by atoms with Crippen LogP contribution in [0.2, 0.25) is 0 Å². The van der Waals surface area contributed by atoms with E-state index in [1.165, 1.54) is 6.42 Å². The third kappa shape index (κ3) is 17.4.